The molecule has 4 atom stereocenters. The van der Waals surface area contributed by atoms with Gasteiger partial charge in [0.05, 0.1) is 6.04 Å². The molecule has 2 aliphatic heterocycles. The third kappa shape index (κ3) is 8.89. The Morgan fingerprint density at radius 1 is 1.11 bits per heavy atom. The summed E-state index contributed by atoms with van der Waals surface area (Å²) in [6.07, 6.45) is 4.59. The van der Waals surface area contributed by atoms with Crippen molar-refractivity contribution in [1.82, 2.24) is 21.3 Å². The molecule has 4 fully saturated rings. The van der Waals surface area contributed by atoms with E-state index >= 15 is 0 Å². The molecule has 2 heterocycles. The molecule has 1 aromatic carbocycles. The van der Waals surface area contributed by atoms with Gasteiger partial charge in [-0.1, -0.05) is 37.6 Å². The number of alkyl carbamates (subject to hydrolysis) is 1. The van der Waals surface area contributed by atoms with Gasteiger partial charge < -0.3 is 35.8 Å². The molecule has 5 rings (SSSR count). The van der Waals surface area contributed by atoms with Gasteiger partial charge in [0, 0.05) is 42.2 Å². The molecular weight excluding hydrogens is 600 g/mol. The van der Waals surface area contributed by atoms with Crippen molar-refractivity contribution < 1.29 is 33.8 Å². The molecule has 2 saturated carbocycles. The number of benzene rings is 1. The predicted molar refractivity (Wildman–Crippen MR) is 167 cm³/mol. The van der Waals surface area contributed by atoms with Crippen LogP contribution in [0.25, 0.3) is 0 Å². The predicted octanol–water partition coefficient (Wildman–Crippen LogP) is 3.15. The maximum atomic E-state index is 13.8. The van der Waals surface area contributed by atoms with Crippen LogP contribution in [0.15, 0.2) is 24.3 Å². The van der Waals surface area contributed by atoms with Gasteiger partial charge in [-0.15, -0.1) is 0 Å². The fourth-order valence-corrected chi connectivity index (χ4v) is 7.00. The lowest BCUT2D eigenvalue weighted by molar-refractivity contribution is -0.134. The van der Waals surface area contributed by atoms with Crippen molar-refractivity contribution in [2.45, 2.75) is 120 Å². The van der Waals surface area contributed by atoms with Gasteiger partial charge in [-0.2, -0.15) is 0 Å². The number of carbonyl (C=O) groups excluding carboxylic acids is 4. The molecule has 1 aromatic rings. The number of hydrogen-bond acceptors (Lipinski definition) is 7. The number of carbonyl (C=O) groups is 4. The van der Waals surface area contributed by atoms with Crippen LogP contribution >= 0.6 is 11.6 Å². The fourth-order valence-electron chi connectivity index (χ4n) is 6.79. The van der Waals surface area contributed by atoms with Gasteiger partial charge in [0.1, 0.15) is 11.6 Å². The zero-order valence-electron chi connectivity index (χ0n) is 26.2. The van der Waals surface area contributed by atoms with Crippen LogP contribution in [0.3, 0.4) is 0 Å². The molecule has 0 aromatic heterocycles. The second-order valence-corrected chi connectivity index (χ2v) is 14.4. The lowest BCUT2D eigenvalue weighted by Crippen LogP contribution is -2.57. The SMILES string of the molecule is CC(C)C[C@H](NC(=O)OC1(Cc2cccc(Cl)c2)CCC1)C(=O)N[C@@H](CC1CC2(CCOCC2)NC1=O)C(O)C(=O)NC1CC1. The zero-order valence-corrected chi connectivity index (χ0v) is 27.0. The molecule has 5 N–H and O–H groups in total. The van der Waals surface area contributed by atoms with Crippen molar-refractivity contribution in [3.05, 3.63) is 34.9 Å². The summed E-state index contributed by atoms with van der Waals surface area (Å²) in [4.78, 5) is 53.0. The third-order valence-electron chi connectivity index (χ3n) is 9.59. The van der Waals surface area contributed by atoms with E-state index < -0.39 is 47.6 Å². The average Bonchev–Trinajstić information content (AvgIpc) is 3.73. The second kappa shape index (κ2) is 14.3. The van der Waals surface area contributed by atoms with Gasteiger partial charge in [0.15, 0.2) is 6.10 Å². The minimum Gasteiger partial charge on any atom is -0.443 e. The first-order chi connectivity index (χ1) is 21.4. The first-order valence-electron chi connectivity index (χ1n) is 16.4. The molecule has 2 aliphatic carbocycles. The number of amides is 4. The van der Waals surface area contributed by atoms with Crippen molar-refractivity contribution in [2.75, 3.05) is 13.2 Å². The van der Waals surface area contributed by atoms with Crippen LogP contribution in [0.1, 0.15) is 83.6 Å². The van der Waals surface area contributed by atoms with Crippen LogP contribution in [0.5, 0.6) is 0 Å². The van der Waals surface area contributed by atoms with E-state index in [1.54, 1.807) is 6.07 Å². The second-order valence-electron chi connectivity index (χ2n) is 13.9. The average molecular weight is 647 g/mol. The number of hydrogen-bond donors (Lipinski definition) is 5. The van der Waals surface area contributed by atoms with Crippen LogP contribution in [-0.2, 0) is 30.3 Å². The van der Waals surface area contributed by atoms with E-state index in [0.29, 0.717) is 63.2 Å². The highest BCUT2D eigenvalue weighted by atomic mass is 35.5. The number of aliphatic hydroxyl groups is 1. The van der Waals surface area contributed by atoms with Gasteiger partial charge in [-0.25, -0.2) is 4.79 Å². The smallest absolute Gasteiger partial charge is 0.408 e. The fraction of sp³-hybridized carbons (Fsp3) is 0.697. The lowest BCUT2D eigenvalue weighted by Gasteiger charge is -2.41. The zero-order chi connectivity index (χ0) is 32.2. The van der Waals surface area contributed by atoms with Crippen LogP contribution in [0.2, 0.25) is 5.02 Å². The van der Waals surface area contributed by atoms with Crippen LogP contribution in [0.4, 0.5) is 4.79 Å². The Morgan fingerprint density at radius 3 is 2.47 bits per heavy atom. The Morgan fingerprint density at radius 2 is 1.84 bits per heavy atom. The number of halogens is 1. The highest BCUT2D eigenvalue weighted by Crippen LogP contribution is 2.39. The van der Waals surface area contributed by atoms with E-state index in [0.717, 1.165) is 24.8 Å². The summed E-state index contributed by atoms with van der Waals surface area (Å²) in [5.74, 6) is -1.73. The molecule has 2 unspecified atom stereocenters. The van der Waals surface area contributed by atoms with E-state index in [4.69, 9.17) is 21.1 Å². The summed E-state index contributed by atoms with van der Waals surface area (Å²) in [7, 11) is 0. The minimum atomic E-state index is -1.56. The maximum absolute atomic E-state index is 13.8. The standard InChI is InChI=1S/C33H47ClN4O7/c1-20(2)15-26(37-31(43)45-33(9-4-10-33)18-21-5-3-6-23(34)16-21)29(41)36-25(27(39)30(42)35-24-7-8-24)17-22-19-32(38-28(22)40)11-13-44-14-12-32/h3,5-6,16,20,22,24-27,39H,4,7-15,17-19H2,1-2H3,(H,35,42)(H,36,41)(H,37,43)(H,38,40)/t22?,25-,26-,27?/m0/s1. The van der Waals surface area contributed by atoms with Crippen LogP contribution in [-0.4, -0.2) is 77.5 Å². The molecular formula is C33H47ClN4O7. The molecule has 12 heteroatoms. The molecule has 4 aliphatic rings. The van der Waals surface area contributed by atoms with Gasteiger partial charge in [0.2, 0.25) is 11.8 Å². The number of nitrogens with one attached hydrogen (secondary N) is 4. The van der Waals surface area contributed by atoms with Crippen LogP contribution in [0, 0.1) is 11.8 Å². The molecule has 1 spiro atoms. The molecule has 45 heavy (non-hydrogen) atoms. The summed E-state index contributed by atoms with van der Waals surface area (Å²) >= 11 is 6.17. The molecule has 11 nitrogen and oxygen atoms in total. The van der Waals surface area contributed by atoms with Crippen LogP contribution < -0.4 is 21.3 Å². The summed E-state index contributed by atoms with van der Waals surface area (Å²) < 4.78 is 11.4. The lowest BCUT2D eigenvalue weighted by atomic mass is 9.76. The highest BCUT2D eigenvalue weighted by molar-refractivity contribution is 6.30. The van der Waals surface area contributed by atoms with Crippen molar-refractivity contribution in [3.63, 3.8) is 0 Å². The Hall–Kier alpha value is -2.89. The van der Waals surface area contributed by atoms with E-state index in [-0.39, 0.29) is 29.8 Å². The number of aliphatic hydroxyl groups excluding tert-OH is 1. The van der Waals surface area contributed by atoms with Crippen molar-refractivity contribution >= 4 is 35.4 Å². The number of ether oxygens (including phenoxy) is 2. The van der Waals surface area contributed by atoms with E-state index in [1.807, 2.05) is 32.0 Å². The van der Waals surface area contributed by atoms with Gasteiger partial charge >= 0.3 is 6.09 Å². The highest BCUT2D eigenvalue weighted by Gasteiger charge is 2.47. The minimum absolute atomic E-state index is 0.0136. The monoisotopic (exact) mass is 646 g/mol. The largest absolute Gasteiger partial charge is 0.443 e. The molecule has 0 radical (unpaired) electrons. The molecule has 4 amide bonds. The molecule has 0 bridgehead atoms. The normalized spacial score (nSPS) is 23.8. The Kier molecular flexibility index (Phi) is 10.6. The van der Waals surface area contributed by atoms with Crippen molar-refractivity contribution in [2.24, 2.45) is 11.8 Å². The summed E-state index contributed by atoms with van der Waals surface area (Å²) in [6.45, 7) is 4.98. The topological polar surface area (TPSA) is 155 Å². The van der Waals surface area contributed by atoms with E-state index in [2.05, 4.69) is 21.3 Å². The van der Waals surface area contributed by atoms with Gasteiger partial charge in [0.25, 0.3) is 5.91 Å². The van der Waals surface area contributed by atoms with Gasteiger partial charge in [-0.05, 0) is 87.8 Å². The van der Waals surface area contributed by atoms with E-state index in [9.17, 15) is 24.3 Å². The molecule has 2 saturated heterocycles. The third-order valence-corrected chi connectivity index (χ3v) is 9.83. The Labute approximate surface area is 269 Å². The number of rotatable bonds is 13. The molecule has 248 valence electrons. The summed E-state index contributed by atoms with van der Waals surface area (Å²) in [5.41, 5.74) is -0.0844. The summed E-state index contributed by atoms with van der Waals surface area (Å²) in [6, 6.07) is 5.47. The first kappa shape index (κ1) is 33.5. The van der Waals surface area contributed by atoms with Gasteiger partial charge in [-0.3, -0.25) is 14.4 Å². The Balaban J connectivity index is 1.26. The quantitative estimate of drug-likeness (QED) is 0.221. The first-order valence-corrected chi connectivity index (χ1v) is 16.8. The Bertz CT molecular complexity index is 1250. The van der Waals surface area contributed by atoms with E-state index in [1.165, 1.54) is 0 Å². The van der Waals surface area contributed by atoms with Crippen molar-refractivity contribution in [1.29, 1.82) is 0 Å². The van der Waals surface area contributed by atoms with Crippen molar-refractivity contribution in [3.8, 4) is 0 Å². The summed E-state index contributed by atoms with van der Waals surface area (Å²) in [5, 5.41) is 23.3. The maximum Gasteiger partial charge on any atom is 0.408 e.